The van der Waals surface area contributed by atoms with E-state index >= 15 is 0 Å². The third-order valence-electron chi connectivity index (χ3n) is 9.51. The summed E-state index contributed by atoms with van der Waals surface area (Å²) < 4.78 is 1.72. The maximum Gasteiger partial charge on any atom is 0.251 e. The van der Waals surface area contributed by atoms with E-state index in [4.69, 9.17) is 0 Å². The molecular formula is C31H42N2O3S. The molecule has 2 aromatic rings. The Morgan fingerprint density at radius 2 is 1.78 bits per heavy atom. The van der Waals surface area contributed by atoms with Crippen molar-refractivity contribution < 1.29 is 9.90 Å². The third kappa shape index (κ3) is 5.56. The number of nitrogens with zero attached hydrogens (tertiary/aromatic N) is 2. The molecule has 1 atom stereocenters. The lowest BCUT2D eigenvalue weighted by Gasteiger charge is -2.52. The molecule has 1 saturated heterocycles. The Morgan fingerprint density at radius 1 is 1.05 bits per heavy atom. The number of pyridine rings is 1. The number of carbonyl (C=O) groups is 1. The fourth-order valence-electron chi connectivity index (χ4n) is 7.24. The first-order valence-corrected chi connectivity index (χ1v) is 15.5. The minimum atomic E-state index is -0.989. The number of likely N-dealkylation sites (tertiary alicyclic amines) is 1. The van der Waals surface area contributed by atoms with Gasteiger partial charge in [0.15, 0.2) is 0 Å². The van der Waals surface area contributed by atoms with Crippen LogP contribution in [-0.2, 0) is 11.3 Å². The monoisotopic (exact) mass is 522 g/mol. The lowest BCUT2D eigenvalue weighted by molar-refractivity contribution is -0.160. The standard InChI is InChI=1S/C31H42N2O3S/c1-37-27-21-33(29(35)20-26(27)25-12-6-3-7-13-25)23-31(36)18-19-32(22-30(31)16-8-9-17-30)28(34)15-14-24-10-4-2-5-11-24/h3,6-7,12-13,20-21,24,36H,2,4-5,8-11,14-19,22-23H2,1H3. The van der Waals surface area contributed by atoms with Gasteiger partial charge in [0.25, 0.3) is 5.56 Å². The Morgan fingerprint density at radius 3 is 2.49 bits per heavy atom. The maximum atomic E-state index is 13.3. The number of aromatic nitrogens is 1. The molecule has 6 heteroatoms. The van der Waals surface area contributed by atoms with Crippen LogP contribution >= 0.6 is 11.8 Å². The van der Waals surface area contributed by atoms with Crippen molar-refractivity contribution in [2.75, 3.05) is 19.3 Å². The molecule has 1 amide bonds. The average molecular weight is 523 g/mol. The molecule has 2 heterocycles. The number of amides is 1. The van der Waals surface area contributed by atoms with Gasteiger partial charge in [0.2, 0.25) is 5.91 Å². The average Bonchev–Trinajstić information content (AvgIpc) is 3.41. The predicted molar refractivity (Wildman–Crippen MR) is 151 cm³/mol. The Labute approximate surface area is 225 Å². The van der Waals surface area contributed by atoms with Crippen molar-refractivity contribution in [2.45, 2.75) is 94.1 Å². The van der Waals surface area contributed by atoms with E-state index in [1.54, 1.807) is 22.4 Å². The highest BCUT2D eigenvalue weighted by Crippen LogP contribution is 2.51. The quantitative estimate of drug-likeness (QED) is 0.445. The van der Waals surface area contributed by atoms with Gasteiger partial charge in [-0.15, -0.1) is 11.8 Å². The van der Waals surface area contributed by atoms with E-state index in [1.165, 1.54) is 32.1 Å². The minimum absolute atomic E-state index is 0.0794. The van der Waals surface area contributed by atoms with Gasteiger partial charge in [0.1, 0.15) is 0 Å². The molecule has 3 aliphatic rings. The van der Waals surface area contributed by atoms with Crippen LogP contribution in [0.4, 0.5) is 0 Å². The van der Waals surface area contributed by atoms with Gasteiger partial charge in [-0.2, -0.15) is 0 Å². The number of thioether (sulfide) groups is 1. The van der Waals surface area contributed by atoms with Gasteiger partial charge in [-0.3, -0.25) is 9.59 Å². The summed E-state index contributed by atoms with van der Waals surface area (Å²) in [6.45, 7) is 1.49. The molecule has 3 fully saturated rings. The van der Waals surface area contributed by atoms with Crippen LogP contribution in [0.5, 0.6) is 0 Å². The van der Waals surface area contributed by atoms with Crippen LogP contribution in [-0.4, -0.2) is 45.4 Å². The first-order chi connectivity index (χ1) is 17.9. The molecule has 200 valence electrons. The fourth-order valence-corrected chi connectivity index (χ4v) is 7.87. The van der Waals surface area contributed by atoms with E-state index in [1.807, 2.05) is 47.7 Å². The summed E-state index contributed by atoms with van der Waals surface area (Å²) >= 11 is 1.62. The smallest absolute Gasteiger partial charge is 0.251 e. The van der Waals surface area contributed by atoms with Gasteiger partial charge in [0.05, 0.1) is 12.1 Å². The Kier molecular flexibility index (Phi) is 8.16. The molecule has 1 aromatic heterocycles. The number of piperidine rings is 1. The molecule has 1 spiro atoms. The molecule has 5 nitrogen and oxygen atoms in total. The molecule has 1 N–H and O–H groups in total. The summed E-state index contributed by atoms with van der Waals surface area (Å²) in [5, 5.41) is 12.2. The van der Waals surface area contributed by atoms with Gasteiger partial charge in [-0.1, -0.05) is 75.3 Å². The van der Waals surface area contributed by atoms with Crippen molar-refractivity contribution in [3.8, 4) is 11.1 Å². The Bertz CT molecular complexity index is 1130. The number of benzene rings is 1. The van der Waals surface area contributed by atoms with Crippen molar-refractivity contribution in [2.24, 2.45) is 11.3 Å². The number of aliphatic hydroxyl groups is 1. The third-order valence-corrected chi connectivity index (χ3v) is 10.3. The summed E-state index contributed by atoms with van der Waals surface area (Å²) in [5.41, 5.74) is 0.571. The van der Waals surface area contributed by atoms with Gasteiger partial charge >= 0.3 is 0 Å². The second-order valence-electron chi connectivity index (χ2n) is 11.7. The maximum absolute atomic E-state index is 13.3. The molecule has 5 rings (SSSR count). The second kappa shape index (κ2) is 11.4. The highest BCUT2D eigenvalue weighted by atomic mass is 32.2. The summed E-state index contributed by atoms with van der Waals surface area (Å²) in [6.07, 6.45) is 16.6. The van der Waals surface area contributed by atoms with Crippen LogP contribution < -0.4 is 5.56 Å². The lowest BCUT2D eigenvalue weighted by atomic mass is 9.65. The van der Waals surface area contributed by atoms with E-state index < -0.39 is 5.60 Å². The summed E-state index contributed by atoms with van der Waals surface area (Å²) in [7, 11) is 0. The predicted octanol–water partition coefficient (Wildman–Crippen LogP) is 6.12. The molecule has 37 heavy (non-hydrogen) atoms. The van der Waals surface area contributed by atoms with Gasteiger partial charge in [-0.25, -0.2) is 0 Å². The van der Waals surface area contributed by atoms with Crippen LogP contribution in [0.25, 0.3) is 11.1 Å². The number of hydrogen-bond donors (Lipinski definition) is 1. The number of carbonyl (C=O) groups excluding carboxylic acids is 1. The van der Waals surface area contributed by atoms with Crippen LogP contribution in [0.1, 0.15) is 77.0 Å². The second-order valence-corrected chi connectivity index (χ2v) is 12.6. The normalized spacial score (nSPS) is 24.0. The SMILES string of the molecule is CSc1cn(CC2(O)CCN(C(=O)CCC3CCCCC3)CC23CCCC3)c(=O)cc1-c1ccccc1. The lowest BCUT2D eigenvalue weighted by Crippen LogP contribution is -2.62. The summed E-state index contributed by atoms with van der Waals surface area (Å²) in [6, 6.07) is 11.7. The van der Waals surface area contributed by atoms with Crippen LogP contribution in [0.2, 0.25) is 0 Å². The van der Waals surface area contributed by atoms with Crippen LogP contribution in [0.15, 0.2) is 52.3 Å². The zero-order chi connectivity index (χ0) is 25.9. The highest BCUT2D eigenvalue weighted by Gasteiger charge is 2.55. The van der Waals surface area contributed by atoms with Gasteiger partial charge < -0.3 is 14.6 Å². The molecule has 0 bridgehead atoms. The van der Waals surface area contributed by atoms with E-state index in [9.17, 15) is 14.7 Å². The zero-order valence-electron chi connectivity index (χ0n) is 22.3. The summed E-state index contributed by atoms with van der Waals surface area (Å²) in [5.74, 6) is 0.962. The molecule has 1 aromatic carbocycles. The van der Waals surface area contributed by atoms with Gasteiger partial charge in [0, 0.05) is 47.6 Å². The zero-order valence-corrected chi connectivity index (χ0v) is 23.1. The molecule has 2 saturated carbocycles. The summed E-state index contributed by atoms with van der Waals surface area (Å²) in [4.78, 5) is 29.6. The highest BCUT2D eigenvalue weighted by molar-refractivity contribution is 7.98. The van der Waals surface area contributed by atoms with Gasteiger partial charge in [-0.05, 0) is 43.4 Å². The van der Waals surface area contributed by atoms with Crippen molar-refractivity contribution in [1.29, 1.82) is 0 Å². The molecular weight excluding hydrogens is 480 g/mol. The first kappa shape index (κ1) is 26.6. The van der Waals surface area contributed by atoms with Crippen LogP contribution in [0.3, 0.4) is 0 Å². The van der Waals surface area contributed by atoms with E-state index in [-0.39, 0.29) is 16.9 Å². The molecule has 2 aliphatic carbocycles. The number of rotatable bonds is 7. The van der Waals surface area contributed by atoms with E-state index in [2.05, 4.69) is 0 Å². The fraction of sp³-hybridized carbons (Fsp3) is 0.613. The van der Waals surface area contributed by atoms with Crippen molar-refractivity contribution in [1.82, 2.24) is 9.47 Å². The topological polar surface area (TPSA) is 62.5 Å². The Hall–Kier alpha value is -2.05. The number of hydrogen-bond acceptors (Lipinski definition) is 4. The molecule has 0 radical (unpaired) electrons. The minimum Gasteiger partial charge on any atom is -0.387 e. The van der Waals surface area contributed by atoms with Crippen molar-refractivity contribution >= 4 is 17.7 Å². The molecule has 1 aliphatic heterocycles. The first-order valence-electron chi connectivity index (χ1n) is 14.3. The van der Waals surface area contributed by atoms with Crippen molar-refractivity contribution in [3.63, 3.8) is 0 Å². The van der Waals surface area contributed by atoms with Crippen LogP contribution in [0, 0.1) is 11.3 Å². The Balaban J connectivity index is 1.33. The van der Waals surface area contributed by atoms with Crippen molar-refractivity contribution in [3.05, 3.63) is 52.9 Å². The van der Waals surface area contributed by atoms with E-state index in [0.29, 0.717) is 38.4 Å². The van der Waals surface area contributed by atoms with E-state index in [0.717, 1.165) is 48.1 Å². The largest absolute Gasteiger partial charge is 0.387 e. The molecule has 1 unspecified atom stereocenters.